The molecule has 2 aromatic rings. The minimum atomic E-state index is 0.0972. The lowest BCUT2D eigenvalue weighted by atomic mass is 9.99. The van der Waals surface area contributed by atoms with Gasteiger partial charge in [-0.15, -0.1) is 0 Å². The van der Waals surface area contributed by atoms with Gasteiger partial charge in [0.2, 0.25) is 5.91 Å². The Bertz CT molecular complexity index is 615. The summed E-state index contributed by atoms with van der Waals surface area (Å²) in [6.45, 7) is 4.17. The predicted octanol–water partition coefficient (Wildman–Crippen LogP) is 1.75. The summed E-state index contributed by atoms with van der Waals surface area (Å²) in [6.07, 6.45) is 2.04. The van der Waals surface area contributed by atoms with Crippen LogP contribution in [0, 0.1) is 12.8 Å². The quantitative estimate of drug-likeness (QED) is 0.894. The molecule has 1 aliphatic rings. The Labute approximate surface area is 117 Å². The molecule has 1 unspecified atom stereocenters. The van der Waals surface area contributed by atoms with E-state index in [0.717, 1.165) is 42.6 Å². The van der Waals surface area contributed by atoms with Crippen LogP contribution in [0.1, 0.15) is 24.3 Å². The largest absolute Gasteiger partial charge is 0.441 e. The highest BCUT2D eigenvalue weighted by Gasteiger charge is 2.20. The zero-order chi connectivity index (χ0) is 13.9. The van der Waals surface area contributed by atoms with Crippen LogP contribution in [0.15, 0.2) is 22.6 Å². The van der Waals surface area contributed by atoms with Gasteiger partial charge in [-0.3, -0.25) is 4.79 Å². The molecule has 0 spiro atoms. The zero-order valence-corrected chi connectivity index (χ0v) is 11.6. The molecule has 20 heavy (non-hydrogen) atoms. The van der Waals surface area contributed by atoms with E-state index in [1.807, 2.05) is 25.1 Å². The Balaban J connectivity index is 1.62. The van der Waals surface area contributed by atoms with Gasteiger partial charge in [-0.05, 0) is 37.1 Å². The SMILES string of the molecule is Cc1nc2ccc(CNC(=O)C3CCCNC3)cc2o1. The van der Waals surface area contributed by atoms with Crippen LogP contribution in [0.5, 0.6) is 0 Å². The van der Waals surface area contributed by atoms with Crippen molar-refractivity contribution >= 4 is 17.0 Å². The summed E-state index contributed by atoms with van der Waals surface area (Å²) in [5.41, 5.74) is 2.66. The monoisotopic (exact) mass is 273 g/mol. The molecule has 0 bridgehead atoms. The third-order valence-electron chi connectivity index (χ3n) is 3.69. The van der Waals surface area contributed by atoms with Crippen molar-refractivity contribution < 1.29 is 9.21 Å². The molecule has 1 saturated heterocycles. The van der Waals surface area contributed by atoms with Crippen LogP contribution >= 0.6 is 0 Å². The summed E-state index contributed by atoms with van der Waals surface area (Å²) in [5.74, 6) is 0.889. The number of amides is 1. The van der Waals surface area contributed by atoms with Gasteiger partial charge >= 0.3 is 0 Å². The van der Waals surface area contributed by atoms with E-state index in [4.69, 9.17) is 4.42 Å². The molecule has 5 heteroatoms. The fraction of sp³-hybridized carbons (Fsp3) is 0.467. The van der Waals surface area contributed by atoms with E-state index < -0.39 is 0 Å². The number of rotatable bonds is 3. The van der Waals surface area contributed by atoms with Crippen LogP contribution < -0.4 is 10.6 Å². The summed E-state index contributed by atoms with van der Waals surface area (Å²) < 4.78 is 5.50. The lowest BCUT2D eigenvalue weighted by molar-refractivity contribution is -0.125. The second kappa shape index (κ2) is 5.63. The average molecular weight is 273 g/mol. The van der Waals surface area contributed by atoms with Gasteiger partial charge in [-0.25, -0.2) is 4.98 Å². The predicted molar refractivity (Wildman–Crippen MR) is 76.2 cm³/mol. The molecule has 3 rings (SSSR count). The van der Waals surface area contributed by atoms with Gasteiger partial charge in [-0.1, -0.05) is 6.07 Å². The first-order valence-electron chi connectivity index (χ1n) is 7.07. The fourth-order valence-electron chi connectivity index (χ4n) is 2.60. The Hall–Kier alpha value is -1.88. The van der Waals surface area contributed by atoms with Crippen molar-refractivity contribution in [1.29, 1.82) is 0 Å². The molecule has 0 saturated carbocycles. The highest BCUT2D eigenvalue weighted by atomic mass is 16.3. The summed E-state index contributed by atoms with van der Waals surface area (Å²) in [5, 5.41) is 6.26. The van der Waals surface area contributed by atoms with Gasteiger partial charge in [0.05, 0.1) is 5.92 Å². The molecule has 0 aliphatic carbocycles. The number of fused-ring (bicyclic) bond motifs is 1. The van der Waals surface area contributed by atoms with Crippen LogP contribution in [0.4, 0.5) is 0 Å². The highest BCUT2D eigenvalue weighted by Crippen LogP contribution is 2.17. The number of benzene rings is 1. The minimum Gasteiger partial charge on any atom is -0.441 e. The second-order valence-corrected chi connectivity index (χ2v) is 5.30. The molecule has 2 N–H and O–H groups in total. The van der Waals surface area contributed by atoms with E-state index in [2.05, 4.69) is 15.6 Å². The number of nitrogens with zero attached hydrogens (tertiary/aromatic N) is 1. The number of hydrogen-bond donors (Lipinski definition) is 2. The number of aromatic nitrogens is 1. The van der Waals surface area contributed by atoms with Gasteiger partial charge in [-0.2, -0.15) is 0 Å². The second-order valence-electron chi connectivity index (χ2n) is 5.30. The summed E-state index contributed by atoms with van der Waals surface area (Å²) >= 11 is 0. The maximum atomic E-state index is 12.1. The third kappa shape index (κ3) is 2.82. The van der Waals surface area contributed by atoms with Gasteiger partial charge < -0.3 is 15.1 Å². The molecule has 2 heterocycles. The van der Waals surface area contributed by atoms with Crippen molar-refractivity contribution in [2.75, 3.05) is 13.1 Å². The molecule has 0 radical (unpaired) electrons. The number of nitrogens with one attached hydrogen (secondary N) is 2. The normalized spacial score (nSPS) is 19.1. The van der Waals surface area contributed by atoms with E-state index in [9.17, 15) is 4.79 Å². The maximum Gasteiger partial charge on any atom is 0.224 e. The molecular formula is C15H19N3O2. The molecule has 1 aromatic carbocycles. The molecular weight excluding hydrogens is 254 g/mol. The van der Waals surface area contributed by atoms with Crippen LogP contribution in [0.2, 0.25) is 0 Å². The highest BCUT2D eigenvalue weighted by molar-refractivity contribution is 5.79. The van der Waals surface area contributed by atoms with Crippen molar-refractivity contribution in [1.82, 2.24) is 15.6 Å². The summed E-state index contributed by atoms with van der Waals surface area (Å²) in [7, 11) is 0. The van der Waals surface area contributed by atoms with Crippen LogP contribution in [0.25, 0.3) is 11.1 Å². The number of aryl methyl sites for hydroxylation is 1. The molecule has 1 amide bonds. The number of piperidine rings is 1. The Morgan fingerprint density at radius 3 is 3.25 bits per heavy atom. The number of carbonyl (C=O) groups excluding carboxylic acids is 1. The molecule has 1 aromatic heterocycles. The van der Waals surface area contributed by atoms with Crippen LogP contribution in [-0.4, -0.2) is 24.0 Å². The van der Waals surface area contributed by atoms with E-state index in [1.54, 1.807) is 0 Å². The lowest BCUT2D eigenvalue weighted by Crippen LogP contribution is -2.40. The minimum absolute atomic E-state index is 0.0972. The molecule has 5 nitrogen and oxygen atoms in total. The first-order chi connectivity index (χ1) is 9.72. The smallest absolute Gasteiger partial charge is 0.224 e. The topological polar surface area (TPSA) is 67.2 Å². The average Bonchev–Trinajstić information content (AvgIpc) is 2.85. The van der Waals surface area contributed by atoms with Gasteiger partial charge in [0.15, 0.2) is 11.5 Å². The third-order valence-corrected chi connectivity index (χ3v) is 3.69. The maximum absolute atomic E-state index is 12.1. The first-order valence-corrected chi connectivity index (χ1v) is 7.07. The van der Waals surface area contributed by atoms with Crippen molar-refractivity contribution in [3.63, 3.8) is 0 Å². The number of oxazole rings is 1. The standard InChI is InChI=1S/C15H19N3O2/c1-10-18-13-5-4-11(7-14(13)20-10)8-17-15(19)12-3-2-6-16-9-12/h4-5,7,12,16H,2-3,6,8-9H2,1H3,(H,17,19). The molecule has 106 valence electrons. The molecule has 1 aliphatic heterocycles. The van der Waals surface area contributed by atoms with E-state index in [1.165, 1.54) is 0 Å². The van der Waals surface area contributed by atoms with Crippen LogP contribution in [0.3, 0.4) is 0 Å². The van der Waals surface area contributed by atoms with Gasteiger partial charge in [0.1, 0.15) is 5.52 Å². The number of hydrogen-bond acceptors (Lipinski definition) is 4. The summed E-state index contributed by atoms with van der Waals surface area (Å²) in [6, 6.07) is 5.84. The molecule has 1 atom stereocenters. The molecule has 1 fully saturated rings. The van der Waals surface area contributed by atoms with Gasteiger partial charge in [0.25, 0.3) is 0 Å². The van der Waals surface area contributed by atoms with Crippen LogP contribution in [-0.2, 0) is 11.3 Å². The van der Waals surface area contributed by atoms with Crippen molar-refractivity contribution in [3.05, 3.63) is 29.7 Å². The fourth-order valence-corrected chi connectivity index (χ4v) is 2.60. The van der Waals surface area contributed by atoms with E-state index in [0.29, 0.717) is 12.4 Å². The van der Waals surface area contributed by atoms with Crippen molar-refractivity contribution in [3.8, 4) is 0 Å². The lowest BCUT2D eigenvalue weighted by Gasteiger charge is -2.21. The first kappa shape index (κ1) is 13.1. The van der Waals surface area contributed by atoms with E-state index in [-0.39, 0.29) is 11.8 Å². The zero-order valence-electron chi connectivity index (χ0n) is 11.6. The van der Waals surface area contributed by atoms with Crippen molar-refractivity contribution in [2.24, 2.45) is 5.92 Å². The van der Waals surface area contributed by atoms with Crippen molar-refractivity contribution in [2.45, 2.75) is 26.3 Å². The Morgan fingerprint density at radius 1 is 1.55 bits per heavy atom. The number of carbonyl (C=O) groups is 1. The Morgan fingerprint density at radius 2 is 2.45 bits per heavy atom. The summed E-state index contributed by atoms with van der Waals surface area (Å²) in [4.78, 5) is 16.3. The van der Waals surface area contributed by atoms with Gasteiger partial charge in [0, 0.05) is 20.0 Å². The van der Waals surface area contributed by atoms with E-state index >= 15 is 0 Å². The Kier molecular flexibility index (Phi) is 3.69.